The Morgan fingerprint density at radius 2 is 2.04 bits per heavy atom. The first-order chi connectivity index (χ1) is 12.7. The van der Waals surface area contributed by atoms with Crippen molar-refractivity contribution in [2.24, 2.45) is 7.05 Å². The van der Waals surface area contributed by atoms with Crippen molar-refractivity contribution < 1.29 is 0 Å². The standard InChI is InChI=1S/C20H24N4S2/c1-3-17-16-10-12-26-18(16)9-11-23(17)14-24-20(25)22(2)19(21-24)13-15-7-5-4-6-8-15/h4-8,10,12,17H,3,9,11,13-14H2,1-2H3/t17-/m1/s1. The van der Waals surface area contributed by atoms with Gasteiger partial charge < -0.3 is 4.57 Å². The van der Waals surface area contributed by atoms with Gasteiger partial charge >= 0.3 is 0 Å². The summed E-state index contributed by atoms with van der Waals surface area (Å²) in [7, 11) is 2.02. The zero-order valence-corrected chi connectivity index (χ0v) is 16.9. The molecule has 0 saturated heterocycles. The topological polar surface area (TPSA) is 26.0 Å². The minimum atomic E-state index is 0.464. The van der Waals surface area contributed by atoms with Gasteiger partial charge in [0.25, 0.3) is 0 Å². The van der Waals surface area contributed by atoms with E-state index in [1.165, 1.54) is 11.1 Å². The summed E-state index contributed by atoms with van der Waals surface area (Å²) >= 11 is 7.56. The second-order valence-corrected chi connectivity index (χ2v) is 8.21. The minimum absolute atomic E-state index is 0.464. The van der Waals surface area contributed by atoms with Gasteiger partial charge in [-0.05, 0) is 47.6 Å². The molecule has 4 rings (SSSR count). The van der Waals surface area contributed by atoms with Crippen LogP contribution < -0.4 is 0 Å². The second kappa shape index (κ2) is 7.47. The number of aromatic nitrogens is 3. The van der Waals surface area contributed by atoms with Crippen molar-refractivity contribution in [2.45, 2.75) is 38.9 Å². The molecule has 26 heavy (non-hydrogen) atoms. The molecule has 1 atom stereocenters. The average molecular weight is 385 g/mol. The summed E-state index contributed by atoms with van der Waals surface area (Å²) < 4.78 is 4.83. The molecule has 3 aromatic rings. The highest BCUT2D eigenvalue weighted by molar-refractivity contribution is 7.71. The molecule has 0 spiro atoms. The summed E-state index contributed by atoms with van der Waals surface area (Å²) in [5, 5.41) is 7.07. The Hall–Kier alpha value is -1.76. The Kier molecular flexibility index (Phi) is 5.07. The number of thiophene rings is 1. The molecule has 136 valence electrons. The highest BCUT2D eigenvalue weighted by atomic mass is 32.1. The summed E-state index contributed by atoms with van der Waals surface area (Å²) in [6.45, 7) is 4.09. The molecule has 1 aliphatic heterocycles. The lowest BCUT2D eigenvalue weighted by molar-refractivity contribution is 0.129. The largest absolute Gasteiger partial charge is 0.307 e. The second-order valence-electron chi connectivity index (χ2n) is 6.85. The quantitative estimate of drug-likeness (QED) is 0.603. The molecule has 4 nitrogen and oxygen atoms in total. The maximum absolute atomic E-state index is 5.67. The van der Waals surface area contributed by atoms with Crippen LogP contribution in [0.1, 0.15) is 41.2 Å². The van der Waals surface area contributed by atoms with Crippen LogP contribution in [0.3, 0.4) is 0 Å². The van der Waals surface area contributed by atoms with Gasteiger partial charge in [0.2, 0.25) is 0 Å². The van der Waals surface area contributed by atoms with E-state index in [-0.39, 0.29) is 0 Å². The molecule has 0 radical (unpaired) electrons. The summed E-state index contributed by atoms with van der Waals surface area (Å²) in [6.07, 6.45) is 3.04. The van der Waals surface area contributed by atoms with E-state index < -0.39 is 0 Å². The molecule has 0 N–H and O–H groups in total. The Morgan fingerprint density at radius 1 is 1.23 bits per heavy atom. The van der Waals surface area contributed by atoms with Crippen LogP contribution in [-0.2, 0) is 26.6 Å². The van der Waals surface area contributed by atoms with Gasteiger partial charge in [0, 0.05) is 30.9 Å². The molecule has 0 amide bonds. The summed E-state index contributed by atoms with van der Waals surface area (Å²) in [6, 6.07) is 13.2. The molecule has 0 saturated carbocycles. The van der Waals surface area contributed by atoms with E-state index in [1.54, 1.807) is 4.88 Å². The third-order valence-corrected chi connectivity index (χ3v) is 6.73. The van der Waals surface area contributed by atoms with Gasteiger partial charge in [-0.2, -0.15) is 5.10 Å². The third-order valence-electron chi connectivity index (χ3n) is 5.24. The van der Waals surface area contributed by atoms with Crippen molar-refractivity contribution in [3.8, 4) is 0 Å². The number of benzene rings is 1. The molecule has 6 heteroatoms. The normalized spacial score (nSPS) is 17.4. The Balaban J connectivity index is 1.57. The van der Waals surface area contributed by atoms with Crippen molar-refractivity contribution in [3.63, 3.8) is 0 Å². The molecule has 3 heterocycles. The van der Waals surface area contributed by atoms with Gasteiger partial charge in [0.05, 0.1) is 6.67 Å². The predicted molar refractivity (Wildman–Crippen MR) is 109 cm³/mol. The van der Waals surface area contributed by atoms with Crippen LogP contribution in [0.4, 0.5) is 0 Å². The van der Waals surface area contributed by atoms with Crippen molar-refractivity contribution in [2.75, 3.05) is 6.54 Å². The minimum Gasteiger partial charge on any atom is -0.307 e. The first kappa shape index (κ1) is 17.6. The highest BCUT2D eigenvalue weighted by Crippen LogP contribution is 2.35. The molecule has 1 aliphatic rings. The highest BCUT2D eigenvalue weighted by Gasteiger charge is 2.27. The van der Waals surface area contributed by atoms with Crippen LogP contribution in [0.15, 0.2) is 41.8 Å². The van der Waals surface area contributed by atoms with Crippen molar-refractivity contribution >= 4 is 23.6 Å². The summed E-state index contributed by atoms with van der Waals surface area (Å²) in [4.78, 5) is 4.06. The SMILES string of the molecule is CC[C@@H]1c2ccsc2CCN1Cn1nc(Cc2ccccc2)n(C)c1=S. The lowest BCUT2D eigenvalue weighted by Gasteiger charge is -2.35. The molecule has 0 unspecified atom stereocenters. The number of hydrogen-bond donors (Lipinski definition) is 0. The van der Waals surface area contributed by atoms with E-state index in [1.807, 2.05) is 33.7 Å². The van der Waals surface area contributed by atoms with Gasteiger partial charge in [-0.15, -0.1) is 11.3 Å². The van der Waals surface area contributed by atoms with Crippen LogP contribution in [0.5, 0.6) is 0 Å². The summed E-state index contributed by atoms with van der Waals surface area (Å²) in [5.41, 5.74) is 2.76. The zero-order valence-electron chi connectivity index (χ0n) is 15.3. The molecular formula is C20H24N4S2. The first-order valence-electron chi connectivity index (χ1n) is 9.14. The Morgan fingerprint density at radius 3 is 2.81 bits per heavy atom. The van der Waals surface area contributed by atoms with E-state index in [9.17, 15) is 0 Å². The van der Waals surface area contributed by atoms with E-state index in [0.29, 0.717) is 6.04 Å². The average Bonchev–Trinajstić information content (AvgIpc) is 3.23. The van der Waals surface area contributed by atoms with Crippen molar-refractivity contribution in [1.29, 1.82) is 0 Å². The fraction of sp³-hybridized carbons (Fsp3) is 0.400. The number of rotatable bonds is 5. The molecule has 2 aromatic heterocycles. The lowest BCUT2D eigenvalue weighted by Crippen LogP contribution is -2.36. The zero-order chi connectivity index (χ0) is 18.1. The van der Waals surface area contributed by atoms with E-state index in [0.717, 1.165) is 43.1 Å². The van der Waals surface area contributed by atoms with E-state index in [4.69, 9.17) is 17.3 Å². The van der Waals surface area contributed by atoms with Gasteiger partial charge in [-0.25, -0.2) is 4.68 Å². The number of nitrogens with zero attached hydrogens (tertiary/aromatic N) is 4. The maximum Gasteiger partial charge on any atom is 0.198 e. The van der Waals surface area contributed by atoms with Crippen LogP contribution in [-0.4, -0.2) is 25.8 Å². The Labute approximate surface area is 163 Å². The number of hydrogen-bond acceptors (Lipinski definition) is 4. The fourth-order valence-electron chi connectivity index (χ4n) is 3.82. The predicted octanol–water partition coefficient (Wildman–Crippen LogP) is 4.57. The maximum atomic E-state index is 5.67. The van der Waals surface area contributed by atoms with Gasteiger partial charge in [-0.1, -0.05) is 37.3 Å². The van der Waals surface area contributed by atoms with Crippen LogP contribution in [0, 0.1) is 4.77 Å². The molecule has 0 aliphatic carbocycles. The van der Waals surface area contributed by atoms with Crippen LogP contribution in [0.25, 0.3) is 0 Å². The number of fused-ring (bicyclic) bond motifs is 1. The third kappa shape index (κ3) is 3.29. The van der Waals surface area contributed by atoms with Crippen LogP contribution >= 0.6 is 23.6 Å². The van der Waals surface area contributed by atoms with Crippen molar-refractivity contribution in [3.05, 3.63) is 68.4 Å². The van der Waals surface area contributed by atoms with Crippen LogP contribution in [0.2, 0.25) is 0 Å². The summed E-state index contributed by atoms with van der Waals surface area (Å²) in [5.74, 6) is 1.02. The lowest BCUT2D eigenvalue weighted by atomic mass is 9.98. The molecular weight excluding hydrogens is 360 g/mol. The molecule has 0 bridgehead atoms. The van der Waals surface area contributed by atoms with Gasteiger partial charge in [0.1, 0.15) is 5.82 Å². The van der Waals surface area contributed by atoms with E-state index in [2.05, 4.69) is 47.5 Å². The van der Waals surface area contributed by atoms with E-state index >= 15 is 0 Å². The monoisotopic (exact) mass is 384 g/mol. The van der Waals surface area contributed by atoms with Gasteiger partial charge in [-0.3, -0.25) is 4.90 Å². The first-order valence-corrected chi connectivity index (χ1v) is 10.4. The smallest absolute Gasteiger partial charge is 0.198 e. The Bertz CT molecular complexity index is 938. The fourth-order valence-corrected chi connectivity index (χ4v) is 4.96. The van der Waals surface area contributed by atoms with Gasteiger partial charge in [0.15, 0.2) is 4.77 Å². The molecule has 0 fully saturated rings. The van der Waals surface area contributed by atoms with Crippen molar-refractivity contribution in [1.82, 2.24) is 19.2 Å². The molecule has 1 aromatic carbocycles.